The fourth-order valence-electron chi connectivity index (χ4n) is 1.57. The van der Waals surface area contributed by atoms with E-state index in [0.717, 1.165) is 0 Å². The zero-order valence-corrected chi connectivity index (χ0v) is 14.1. The molecular formula is C13H22O12S. The summed E-state index contributed by atoms with van der Waals surface area (Å²) < 4.78 is 9.41. The van der Waals surface area contributed by atoms with Crippen molar-refractivity contribution in [2.24, 2.45) is 0 Å². The Hall–Kier alpha value is -1.29. The van der Waals surface area contributed by atoms with Crippen molar-refractivity contribution in [1.29, 1.82) is 0 Å². The monoisotopic (exact) mass is 402 g/mol. The Balaban J connectivity index is 4.30. The van der Waals surface area contributed by atoms with Crippen molar-refractivity contribution in [2.45, 2.75) is 48.8 Å². The molecule has 0 radical (unpaired) electrons. The van der Waals surface area contributed by atoms with Gasteiger partial charge in [-0.25, -0.2) is 0 Å². The van der Waals surface area contributed by atoms with E-state index in [2.05, 4.69) is 12.2 Å². The highest BCUT2D eigenvalue weighted by molar-refractivity contribution is 7.79. The lowest BCUT2D eigenvalue weighted by Gasteiger charge is -2.25. The maximum atomic E-state index is 10.3. The van der Waals surface area contributed by atoms with Gasteiger partial charge < -0.3 is 59.9 Å². The number of carbonyl (C=O) groups excluding carboxylic acids is 2. The van der Waals surface area contributed by atoms with Crippen LogP contribution in [0.3, 0.4) is 0 Å². The summed E-state index contributed by atoms with van der Waals surface area (Å²) >= 11 is 4.58. The van der Waals surface area contributed by atoms with E-state index in [-0.39, 0.29) is 12.6 Å². The van der Waals surface area contributed by atoms with Crippen molar-refractivity contribution in [3.05, 3.63) is 0 Å². The molecule has 13 heteroatoms. The molecule has 8 unspecified atom stereocenters. The van der Waals surface area contributed by atoms with Gasteiger partial charge in [-0.15, -0.1) is 0 Å². The number of aliphatic hydroxyl groups is 8. The van der Waals surface area contributed by atoms with Gasteiger partial charge in [-0.05, 0) is 0 Å². The Morgan fingerprint density at radius 3 is 1.27 bits per heavy atom. The van der Waals surface area contributed by atoms with E-state index in [1.807, 2.05) is 0 Å². The van der Waals surface area contributed by atoms with Crippen molar-refractivity contribution in [3.63, 3.8) is 0 Å². The molecule has 8 N–H and O–H groups in total. The molecule has 12 nitrogen and oxygen atoms in total. The average Bonchev–Trinajstić information content (AvgIpc) is 2.65. The third kappa shape index (κ3) is 7.94. The molecule has 0 saturated carbocycles. The maximum Gasteiger partial charge on any atom is 0.352 e. The highest BCUT2D eigenvalue weighted by Gasteiger charge is 2.32. The first-order chi connectivity index (χ1) is 12.1. The van der Waals surface area contributed by atoms with E-state index in [1.165, 1.54) is 0 Å². The summed E-state index contributed by atoms with van der Waals surface area (Å²) in [5, 5.41) is 74.2. The van der Waals surface area contributed by atoms with Crippen LogP contribution in [-0.4, -0.2) is 121 Å². The predicted octanol–water partition coefficient (Wildman–Crippen LogP) is -5.41. The van der Waals surface area contributed by atoms with E-state index in [1.54, 1.807) is 0 Å². The van der Waals surface area contributed by atoms with E-state index in [9.17, 15) is 40.2 Å². The molecule has 0 saturated heterocycles. The molecule has 0 aromatic rings. The standard InChI is InChI=1S/C13H22O12S/c14-1-5(16)9(20)11(22)7(18)3-24-13(26)25-4-8(19)12(23)10(21)6(17)2-15/h1-2,5-12,16-23H,3-4H2. The smallest absolute Gasteiger partial charge is 0.352 e. The average molecular weight is 402 g/mol. The molecular weight excluding hydrogens is 380 g/mol. The van der Waals surface area contributed by atoms with Crippen LogP contribution in [0.2, 0.25) is 0 Å². The van der Waals surface area contributed by atoms with Crippen molar-refractivity contribution >= 4 is 30.0 Å². The minimum Gasteiger partial charge on any atom is -0.454 e. The van der Waals surface area contributed by atoms with Crippen LogP contribution in [0, 0.1) is 0 Å². The number of aldehydes is 2. The molecule has 8 atom stereocenters. The first-order valence-electron chi connectivity index (χ1n) is 7.21. The number of hydrogen-bond donors (Lipinski definition) is 8. The Morgan fingerprint density at radius 2 is 1.00 bits per heavy atom. The SMILES string of the molecule is O=CC(O)C(O)C(O)C(O)COC(=S)OCC(O)C(O)C(O)C(O)C=O. The quantitative estimate of drug-likeness (QED) is 0.113. The number of ether oxygens (including phenoxy) is 2. The molecule has 26 heavy (non-hydrogen) atoms. The van der Waals surface area contributed by atoms with Crippen LogP contribution in [-0.2, 0) is 19.1 Å². The second-order valence-corrected chi connectivity index (χ2v) is 5.56. The minimum atomic E-state index is -1.97. The van der Waals surface area contributed by atoms with Crippen LogP contribution in [0.5, 0.6) is 0 Å². The molecule has 0 heterocycles. The molecule has 0 spiro atoms. The lowest BCUT2D eigenvalue weighted by molar-refractivity contribution is -0.137. The second-order valence-electron chi connectivity index (χ2n) is 5.22. The van der Waals surface area contributed by atoms with Gasteiger partial charge in [0.15, 0.2) is 12.6 Å². The van der Waals surface area contributed by atoms with Gasteiger partial charge >= 0.3 is 5.24 Å². The third-order valence-electron chi connectivity index (χ3n) is 3.21. The lowest BCUT2D eigenvalue weighted by Crippen LogP contribution is -2.47. The fourth-order valence-corrected chi connectivity index (χ4v) is 1.70. The Bertz CT molecular complexity index is 411. The Morgan fingerprint density at radius 1 is 0.692 bits per heavy atom. The topological polar surface area (TPSA) is 214 Å². The fraction of sp³-hybridized carbons (Fsp3) is 0.769. The van der Waals surface area contributed by atoms with E-state index >= 15 is 0 Å². The van der Waals surface area contributed by atoms with Crippen molar-refractivity contribution < 1.29 is 59.9 Å². The molecule has 0 aromatic carbocycles. The summed E-state index contributed by atoms with van der Waals surface area (Å²) in [5.41, 5.74) is 0. The Labute approximate surface area is 152 Å². The highest BCUT2D eigenvalue weighted by atomic mass is 32.1. The zero-order chi connectivity index (χ0) is 20.4. The summed E-state index contributed by atoms with van der Waals surface area (Å²) in [6, 6.07) is 0. The molecule has 0 amide bonds. The van der Waals surface area contributed by atoms with Crippen LogP contribution in [0.4, 0.5) is 0 Å². The maximum absolute atomic E-state index is 10.3. The minimum absolute atomic E-state index is 0.0438. The first-order valence-corrected chi connectivity index (χ1v) is 7.62. The normalized spacial score (nSPS) is 20.6. The molecule has 0 bridgehead atoms. The molecule has 0 rings (SSSR count). The van der Waals surface area contributed by atoms with Gasteiger partial charge in [0.2, 0.25) is 0 Å². The molecule has 152 valence electrons. The van der Waals surface area contributed by atoms with Crippen LogP contribution in [0.25, 0.3) is 0 Å². The third-order valence-corrected chi connectivity index (χ3v) is 3.45. The number of aliphatic hydroxyl groups excluding tert-OH is 8. The number of rotatable bonds is 12. The molecule has 0 fully saturated rings. The van der Waals surface area contributed by atoms with E-state index < -0.39 is 67.3 Å². The van der Waals surface area contributed by atoms with Crippen LogP contribution in [0.15, 0.2) is 0 Å². The molecule has 0 aliphatic rings. The lowest BCUT2D eigenvalue weighted by atomic mass is 10.0. The summed E-state index contributed by atoms with van der Waals surface area (Å²) in [5.74, 6) is 0. The van der Waals surface area contributed by atoms with Crippen molar-refractivity contribution in [1.82, 2.24) is 0 Å². The van der Waals surface area contributed by atoms with E-state index in [0.29, 0.717) is 0 Å². The molecule has 0 aromatic heterocycles. The van der Waals surface area contributed by atoms with Gasteiger partial charge in [-0.1, -0.05) is 0 Å². The summed E-state index contributed by atoms with van der Waals surface area (Å²) in [4.78, 5) is 20.6. The molecule has 0 aliphatic heterocycles. The van der Waals surface area contributed by atoms with Crippen molar-refractivity contribution in [2.75, 3.05) is 13.2 Å². The van der Waals surface area contributed by atoms with Gasteiger partial charge in [0.25, 0.3) is 0 Å². The summed E-state index contributed by atoms with van der Waals surface area (Å²) in [6.07, 6.45) is -15.3. The highest BCUT2D eigenvalue weighted by Crippen LogP contribution is 2.07. The van der Waals surface area contributed by atoms with Gasteiger partial charge in [0.1, 0.15) is 62.0 Å². The summed E-state index contributed by atoms with van der Waals surface area (Å²) in [6.45, 7) is -1.43. The summed E-state index contributed by atoms with van der Waals surface area (Å²) in [7, 11) is 0. The predicted molar refractivity (Wildman–Crippen MR) is 84.7 cm³/mol. The molecule has 0 aliphatic carbocycles. The van der Waals surface area contributed by atoms with Crippen LogP contribution < -0.4 is 0 Å². The first kappa shape index (κ1) is 24.7. The zero-order valence-electron chi connectivity index (χ0n) is 13.3. The number of thiocarbonyl (C=S) groups is 1. The number of carbonyl (C=O) groups is 2. The Kier molecular flexibility index (Phi) is 11.6. The van der Waals surface area contributed by atoms with E-state index in [4.69, 9.17) is 19.7 Å². The van der Waals surface area contributed by atoms with Gasteiger partial charge in [0.05, 0.1) is 0 Å². The van der Waals surface area contributed by atoms with Crippen LogP contribution in [0.1, 0.15) is 0 Å². The second kappa shape index (κ2) is 12.2. The van der Waals surface area contributed by atoms with Gasteiger partial charge in [-0.3, -0.25) is 0 Å². The van der Waals surface area contributed by atoms with Gasteiger partial charge in [0, 0.05) is 12.2 Å². The number of hydrogen-bond acceptors (Lipinski definition) is 13. The van der Waals surface area contributed by atoms with Crippen LogP contribution >= 0.6 is 12.2 Å². The van der Waals surface area contributed by atoms with Crippen molar-refractivity contribution in [3.8, 4) is 0 Å². The van der Waals surface area contributed by atoms with Gasteiger partial charge in [-0.2, -0.15) is 0 Å². The largest absolute Gasteiger partial charge is 0.454 e.